The summed E-state index contributed by atoms with van der Waals surface area (Å²) in [5.41, 5.74) is 5.39. The molecule has 1 rings (SSSR count). The molecule has 0 saturated carbocycles. The van der Waals surface area contributed by atoms with Gasteiger partial charge < -0.3 is 10.5 Å². The molecule has 1 aromatic rings. The van der Waals surface area contributed by atoms with Gasteiger partial charge in [0.2, 0.25) is 5.82 Å². The van der Waals surface area contributed by atoms with E-state index in [-0.39, 0.29) is 18.4 Å². The van der Waals surface area contributed by atoms with E-state index in [1.807, 2.05) is 0 Å². The van der Waals surface area contributed by atoms with E-state index < -0.39 is 11.6 Å². The first-order valence-electron chi connectivity index (χ1n) is 3.93. The van der Waals surface area contributed by atoms with Crippen LogP contribution in [0.15, 0.2) is 18.2 Å². The quantitative estimate of drug-likeness (QED) is 0.781. The number of hydrogen-bond acceptors (Lipinski definition) is 2. The molecule has 1 aromatic carbocycles. The lowest BCUT2D eigenvalue weighted by Gasteiger charge is -2.09. The topological polar surface area (TPSA) is 35.2 Å². The Labute approximate surface area is 75.3 Å². The number of benzene rings is 1. The lowest BCUT2D eigenvalue weighted by atomic mass is 10.3. The average molecular weight is 187 g/mol. The Kier molecular flexibility index (Phi) is 3.19. The van der Waals surface area contributed by atoms with E-state index in [1.54, 1.807) is 6.92 Å². The van der Waals surface area contributed by atoms with Crippen molar-refractivity contribution < 1.29 is 13.5 Å². The first-order chi connectivity index (χ1) is 6.11. The lowest BCUT2D eigenvalue weighted by molar-refractivity contribution is 0.277. The van der Waals surface area contributed by atoms with Crippen LogP contribution in [0, 0.1) is 11.6 Å². The Bertz CT molecular complexity index is 289. The molecular weight excluding hydrogens is 176 g/mol. The minimum Gasteiger partial charge on any atom is -0.489 e. The highest BCUT2D eigenvalue weighted by molar-refractivity contribution is 5.24. The van der Waals surface area contributed by atoms with Gasteiger partial charge in [0.15, 0.2) is 11.6 Å². The maximum absolute atomic E-state index is 12.9. The zero-order chi connectivity index (χ0) is 9.84. The van der Waals surface area contributed by atoms with E-state index in [2.05, 4.69) is 0 Å². The van der Waals surface area contributed by atoms with E-state index in [9.17, 15) is 8.78 Å². The van der Waals surface area contributed by atoms with Crippen LogP contribution in [0.4, 0.5) is 8.78 Å². The molecule has 0 bridgehead atoms. The third kappa shape index (κ3) is 2.66. The third-order valence-corrected chi connectivity index (χ3v) is 1.42. The van der Waals surface area contributed by atoms with Gasteiger partial charge in [-0.25, -0.2) is 4.39 Å². The number of rotatable bonds is 3. The maximum Gasteiger partial charge on any atom is 0.200 e. The molecule has 0 fully saturated rings. The van der Waals surface area contributed by atoms with Crippen LogP contribution in [-0.4, -0.2) is 12.6 Å². The van der Waals surface area contributed by atoms with Crippen LogP contribution in [0.25, 0.3) is 0 Å². The van der Waals surface area contributed by atoms with Crippen molar-refractivity contribution in [2.75, 3.05) is 6.61 Å². The molecule has 0 aliphatic carbocycles. The second kappa shape index (κ2) is 4.18. The molecule has 0 aliphatic rings. The van der Waals surface area contributed by atoms with Gasteiger partial charge in [0.1, 0.15) is 6.61 Å². The molecule has 2 N–H and O–H groups in total. The van der Waals surface area contributed by atoms with Gasteiger partial charge in [-0.2, -0.15) is 4.39 Å². The van der Waals surface area contributed by atoms with Crippen LogP contribution in [-0.2, 0) is 0 Å². The lowest BCUT2D eigenvalue weighted by Crippen LogP contribution is -2.23. The summed E-state index contributed by atoms with van der Waals surface area (Å²) in [7, 11) is 0. The van der Waals surface area contributed by atoms with Gasteiger partial charge >= 0.3 is 0 Å². The highest BCUT2D eigenvalue weighted by Gasteiger charge is 2.08. The summed E-state index contributed by atoms with van der Waals surface area (Å²) in [5, 5.41) is 0. The van der Waals surface area contributed by atoms with Crippen LogP contribution in [0.1, 0.15) is 6.92 Å². The number of hydrogen-bond donors (Lipinski definition) is 1. The fourth-order valence-electron chi connectivity index (χ4n) is 0.817. The minimum absolute atomic E-state index is 0.0997. The van der Waals surface area contributed by atoms with Gasteiger partial charge in [-0.05, 0) is 19.1 Å². The second-order valence-corrected chi connectivity index (χ2v) is 2.84. The normalized spacial score (nSPS) is 12.6. The first-order valence-corrected chi connectivity index (χ1v) is 3.93. The molecule has 0 radical (unpaired) electrons. The molecule has 0 heterocycles. The van der Waals surface area contributed by atoms with E-state index in [1.165, 1.54) is 12.1 Å². The predicted molar refractivity (Wildman–Crippen MR) is 45.5 cm³/mol. The Morgan fingerprint density at radius 1 is 1.46 bits per heavy atom. The molecule has 0 spiro atoms. The highest BCUT2D eigenvalue weighted by atomic mass is 19.2. The van der Waals surface area contributed by atoms with Gasteiger partial charge in [0, 0.05) is 6.04 Å². The van der Waals surface area contributed by atoms with Gasteiger partial charge in [-0.1, -0.05) is 6.07 Å². The van der Waals surface area contributed by atoms with Crippen LogP contribution < -0.4 is 10.5 Å². The monoisotopic (exact) mass is 187 g/mol. The van der Waals surface area contributed by atoms with Crippen LogP contribution >= 0.6 is 0 Å². The number of ether oxygens (including phenoxy) is 1. The maximum atomic E-state index is 12.9. The number of halogens is 2. The Morgan fingerprint density at radius 3 is 2.77 bits per heavy atom. The smallest absolute Gasteiger partial charge is 0.200 e. The Morgan fingerprint density at radius 2 is 2.15 bits per heavy atom. The first kappa shape index (κ1) is 9.92. The van der Waals surface area contributed by atoms with Crippen LogP contribution in [0.2, 0.25) is 0 Å². The average Bonchev–Trinajstić information content (AvgIpc) is 2.07. The molecule has 72 valence electrons. The molecule has 13 heavy (non-hydrogen) atoms. The molecule has 0 saturated heterocycles. The molecule has 1 unspecified atom stereocenters. The van der Waals surface area contributed by atoms with Gasteiger partial charge in [0.05, 0.1) is 0 Å². The Balaban J connectivity index is 2.71. The van der Waals surface area contributed by atoms with Gasteiger partial charge in [0.25, 0.3) is 0 Å². The fourth-order valence-corrected chi connectivity index (χ4v) is 0.817. The summed E-state index contributed by atoms with van der Waals surface area (Å²) in [4.78, 5) is 0. The van der Waals surface area contributed by atoms with E-state index in [0.717, 1.165) is 6.07 Å². The molecule has 1 atom stereocenters. The minimum atomic E-state index is -0.969. The summed E-state index contributed by atoms with van der Waals surface area (Å²) in [6, 6.07) is 3.58. The molecule has 4 heteroatoms. The predicted octanol–water partition coefficient (Wildman–Crippen LogP) is 1.69. The summed E-state index contributed by atoms with van der Waals surface area (Å²) >= 11 is 0. The summed E-state index contributed by atoms with van der Waals surface area (Å²) in [6.07, 6.45) is 0. The van der Waals surface area contributed by atoms with Crippen molar-refractivity contribution in [1.29, 1.82) is 0 Å². The number of nitrogens with two attached hydrogens (primary N) is 1. The van der Waals surface area contributed by atoms with Crippen molar-refractivity contribution in [2.45, 2.75) is 13.0 Å². The third-order valence-electron chi connectivity index (χ3n) is 1.42. The second-order valence-electron chi connectivity index (χ2n) is 2.84. The molecule has 0 aromatic heterocycles. The molecular formula is C9H11F2NO. The highest BCUT2D eigenvalue weighted by Crippen LogP contribution is 2.18. The van der Waals surface area contributed by atoms with Crippen molar-refractivity contribution >= 4 is 0 Å². The molecule has 0 aliphatic heterocycles. The van der Waals surface area contributed by atoms with E-state index in [4.69, 9.17) is 10.5 Å². The molecule has 2 nitrogen and oxygen atoms in total. The largest absolute Gasteiger partial charge is 0.489 e. The fraction of sp³-hybridized carbons (Fsp3) is 0.333. The van der Waals surface area contributed by atoms with Crippen molar-refractivity contribution in [2.24, 2.45) is 5.73 Å². The summed E-state index contributed by atoms with van der Waals surface area (Å²) < 4.78 is 30.5. The molecule has 0 amide bonds. The van der Waals surface area contributed by atoms with Crippen molar-refractivity contribution in [3.63, 3.8) is 0 Å². The SMILES string of the molecule is CC(N)COc1cccc(F)c1F. The standard InChI is InChI=1S/C9H11F2NO/c1-6(12)5-13-8-4-2-3-7(10)9(8)11/h2-4,6H,5,12H2,1H3. The summed E-state index contributed by atoms with van der Waals surface area (Å²) in [5.74, 6) is -1.98. The zero-order valence-electron chi connectivity index (χ0n) is 7.26. The van der Waals surface area contributed by atoms with Crippen LogP contribution in [0.5, 0.6) is 5.75 Å². The van der Waals surface area contributed by atoms with Gasteiger partial charge in [-0.3, -0.25) is 0 Å². The zero-order valence-corrected chi connectivity index (χ0v) is 7.26. The van der Waals surface area contributed by atoms with Crippen molar-refractivity contribution in [3.8, 4) is 5.75 Å². The van der Waals surface area contributed by atoms with E-state index >= 15 is 0 Å². The van der Waals surface area contributed by atoms with Gasteiger partial charge in [-0.15, -0.1) is 0 Å². The van der Waals surface area contributed by atoms with Crippen molar-refractivity contribution in [3.05, 3.63) is 29.8 Å². The van der Waals surface area contributed by atoms with Crippen molar-refractivity contribution in [1.82, 2.24) is 0 Å². The Hall–Kier alpha value is -1.16. The summed E-state index contributed by atoms with van der Waals surface area (Å²) in [6.45, 7) is 1.89. The van der Waals surface area contributed by atoms with Crippen LogP contribution in [0.3, 0.4) is 0 Å². The van der Waals surface area contributed by atoms with E-state index in [0.29, 0.717) is 0 Å².